The highest BCUT2D eigenvalue weighted by Crippen LogP contribution is 2.33. The van der Waals surface area contributed by atoms with Crippen LogP contribution in [0.15, 0.2) is 48.4 Å². The molecule has 2 aliphatic rings. The van der Waals surface area contributed by atoms with Gasteiger partial charge < -0.3 is 14.5 Å². The normalized spacial score (nSPS) is 17.0. The quantitative estimate of drug-likeness (QED) is 0.634. The second-order valence-electron chi connectivity index (χ2n) is 7.59. The minimum Gasteiger partial charge on any atom is -0.497 e. The molecule has 1 saturated heterocycles. The molecule has 0 N–H and O–H groups in total. The van der Waals surface area contributed by atoms with E-state index in [0.29, 0.717) is 55.7 Å². The molecule has 31 heavy (non-hydrogen) atoms. The smallest absolute Gasteiger partial charge is 0.277 e. The topological polar surface area (TPSA) is 78.9 Å². The van der Waals surface area contributed by atoms with Gasteiger partial charge in [0.25, 0.3) is 11.8 Å². The van der Waals surface area contributed by atoms with Gasteiger partial charge in [0.05, 0.1) is 12.7 Å². The first-order valence-corrected chi connectivity index (χ1v) is 10.7. The van der Waals surface area contributed by atoms with Crippen molar-refractivity contribution in [2.75, 3.05) is 44.7 Å². The number of benzene rings is 1. The predicted molar refractivity (Wildman–Crippen MR) is 117 cm³/mol. The van der Waals surface area contributed by atoms with Crippen molar-refractivity contribution in [1.82, 2.24) is 19.8 Å². The fourth-order valence-corrected chi connectivity index (χ4v) is 3.98. The zero-order valence-corrected chi connectivity index (χ0v) is 18.0. The fraction of sp³-hybridized carbons (Fsp3) is 0.391. The average molecular weight is 422 g/mol. The third-order valence-electron chi connectivity index (χ3n) is 5.69. The molecule has 2 amide bonds. The van der Waals surface area contributed by atoms with Gasteiger partial charge in [0.15, 0.2) is 0 Å². The molecule has 4 rings (SSSR count). The van der Waals surface area contributed by atoms with Crippen LogP contribution in [0.3, 0.4) is 0 Å². The number of aromatic nitrogens is 2. The van der Waals surface area contributed by atoms with Crippen LogP contribution in [0.1, 0.15) is 25.3 Å². The van der Waals surface area contributed by atoms with Crippen molar-refractivity contribution in [3.05, 3.63) is 54.0 Å². The van der Waals surface area contributed by atoms with Crippen molar-refractivity contribution < 1.29 is 14.3 Å². The number of hydrogen-bond acceptors (Lipinski definition) is 7. The number of imide groups is 1. The molecule has 0 radical (unpaired) electrons. The number of amides is 2. The van der Waals surface area contributed by atoms with Gasteiger partial charge >= 0.3 is 0 Å². The number of piperazine rings is 1. The summed E-state index contributed by atoms with van der Waals surface area (Å²) in [5.41, 5.74) is 1.72. The van der Waals surface area contributed by atoms with Crippen molar-refractivity contribution in [2.45, 2.75) is 19.8 Å². The molecular formula is C23H27N5O3. The van der Waals surface area contributed by atoms with Crippen LogP contribution in [0.2, 0.25) is 0 Å². The van der Waals surface area contributed by atoms with E-state index < -0.39 is 0 Å². The molecule has 3 heterocycles. The second-order valence-corrected chi connectivity index (χ2v) is 7.59. The highest BCUT2D eigenvalue weighted by Gasteiger charge is 2.41. The van der Waals surface area contributed by atoms with Crippen LogP contribution in [-0.4, -0.2) is 71.4 Å². The average Bonchev–Trinajstić information content (AvgIpc) is 3.07. The molecule has 0 bridgehead atoms. The highest BCUT2D eigenvalue weighted by atomic mass is 16.5. The van der Waals surface area contributed by atoms with Gasteiger partial charge in [0, 0.05) is 45.1 Å². The lowest BCUT2D eigenvalue weighted by molar-refractivity contribution is -0.137. The molecule has 0 saturated carbocycles. The standard InChI is InChI=1S/C23H27N5O3/c1-3-4-12-28-21(29)19(17-6-8-18(31-2)9-7-17)20(22(28)30)26-13-15-27(16-14-26)23-24-10-5-11-25-23/h5-11H,3-4,12-16H2,1-2H3. The highest BCUT2D eigenvalue weighted by molar-refractivity contribution is 6.35. The van der Waals surface area contributed by atoms with Crippen molar-refractivity contribution in [2.24, 2.45) is 0 Å². The Morgan fingerprint density at radius 1 is 0.935 bits per heavy atom. The third-order valence-corrected chi connectivity index (χ3v) is 5.69. The van der Waals surface area contributed by atoms with Gasteiger partial charge in [-0.1, -0.05) is 25.5 Å². The summed E-state index contributed by atoms with van der Waals surface area (Å²) in [6.45, 7) is 5.09. The van der Waals surface area contributed by atoms with Crippen LogP contribution >= 0.6 is 0 Å². The number of nitrogens with zero attached hydrogens (tertiary/aromatic N) is 5. The molecule has 2 aromatic rings. The van der Waals surface area contributed by atoms with Gasteiger partial charge in [-0.2, -0.15) is 0 Å². The summed E-state index contributed by atoms with van der Waals surface area (Å²) in [5, 5.41) is 0. The van der Waals surface area contributed by atoms with E-state index in [1.54, 1.807) is 25.6 Å². The van der Waals surface area contributed by atoms with E-state index in [4.69, 9.17) is 4.74 Å². The van der Waals surface area contributed by atoms with Crippen molar-refractivity contribution in [1.29, 1.82) is 0 Å². The number of carbonyl (C=O) groups excluding carboxylic acids is 2. The Morgan fingerprint density at radius 3 is 2.19 bits per heavy atom. The minimum absolute atomic E-state index is 0.200. The molecule has 0 atom stereocenters. The molecular weight excluding hydrogens is 394 g/mol. The number of methoxy groups -OCH3 is 1. The van der Waals surface area contributed by atoms with Gasteiger partial charge in [-0.3, -0.25) is 14.5 Å². The van der Waals surface area contributed by atoms with E-state index in [1.165, 1.54) is 4.90 Å². The van der Waals surface area contributed by atoms with E-state index in [9.17, 15) is 9.59 Å². The van der Waals surface area contributed by atoms with E-state index >= 15 is 0 Å². The summed E-state index contributed by atoms with van der Waals surface area (Å²) in [7, 11) is 1.60. The molecule has 0 spiro atoms. The molecule has 2 aliphatic heterocycles. The largest absolute Gasteiger partial charge is 0.497 e. The number of rotatable bonds is 7. The summed E-state index contributed by atoms with van der Waals surface area (Å²) >= 11 is 0. The first-order valence-electron chi connectivity index (χ1n) is 10.7. The first-order chi connectivity index (χ1) is 15.1. The molecule has 8 nitrogen and oxygen atoms in total. The number of ether oxygens (including phenoxy) is 1. The first kappa shape index (κ1) is 20.8. The van der Waals surface area contributed by atoms with Gasteiger partial charge in [-0.05, 0) is 30.2 Å². The molecule has 162 valence electrons. The maximum absolute atomic E-state index is 13.3. The van der Waals surface area contributed by atoms with Gasteiger partial charge in [-0.25, -0.2) is 9.97 Å². The zero-order valence-electron chi connectivity index (χ0n) is 18.0. The van der Waals surface area contributed by atoms with E-state index in [2.05, 4.69) is 21.8 Å². The molecule has 1 fully saturated rings. The number of anilines is 1. The van der Waals surface area contributed by atoms with Crippen molar-refractivity contribution >= 4 is 23.3 Å². The van der Waals surface area contributed by atoms with Crippen LogP contribution in [0.25, 0.3) is 5.57 Å². The molecule has 0 aliphatic carbocycles. The number of hydrogen-bond donors (Lipinski definition) is 0. The molecule has 1 aromatic heterocycles. The third kappa shape index (κ3) is 4.10. The van der Waals surface area contributed by atoms with Crippen LogP contribution in [0.4, 0.5) is 5.95 Å². The summed E-state index contributed by atoms with van der Waals surface area (Å²) in [4.78, 5) is 40.8. The fourth-order valence-electron chi connectivity index (χ4n) is 3.98. The van der Waals surface area contributed by atoms with E-state index in [-0.39, 0.29) is 11.8 Å². The summed E-state index contributed by atoms with van der Waals surface area (Å²) in [6, 6.07) is 9.11. The summed E-state index contributed by atoms with van der Waals surface area (Å²) < 4.78 is 5.24. The van der Waals surface area contributed by atoms with Crippen molar-refractivity contribution in [3.63, 3.8) is 0 Å². The summed E-state index contributed by atoms with van der Waals surface area (Å²) in [5.74, 6) is 0.980. The lowest BCUT2D eigenvalue weighted by Gasteiger charge is -2.36. The Bertz CT molecular complexity index is 966. The molecule has 0 unspecified atom stereocenters. The predicted octanol–water partition coefficient (Wildman–Crippen LogP) is 2.19. The maximum Gasteiger partial charge on any atom is 0.277 e. The van der Waals surface area contributed by atoms with Crippen LogP contribution in [0.5, 0.6) is 5.75 Å². The molecule has 8 heteroatoms. The SMILES string of the molecule is CCCCN1C(=O)C(c2ccc(OC)cc2)=C(N2CCN(c3ncccn3)CC2)C1=O. The van der Waals surface area contributed by atoms with Gasteiger partial charge in [0.2, 0.25) is 5.95 Å². The number of unbranched alkanes of at least 4 members (excludes halogenated alkanes) is 1. The van der Waals surface area contributed by atoms with Crippen LogP contribution in [-0.2, 0) is 9.59 Å². The van der Waals surface area contributed by atoms with E-state index in [0.717, 1.165) is 18.4 Å². The lowest BCUT2D eigenvalue weighted by atomic mass is 10.0. The minimum atomic E-state index is -0.215. The van der Waals surface area contributed by atoms with Crippen LogP contribution < -0.4 is 9.64 Å². The van der Waals surface area contributed by atoms with Gasteiger partial charge in [-0.15, -0.1) is 0 Å². The Balaban J connectivity index is 1.62. The number of carbonyl (C=O) groups is 2. The maximum atomic E-state index is 13.3. The Labute approximate surface area is 182 Å². The zero-order chi connectivity index (χ0) is 21.8. The Hall–Kier alpha value is -3.42. The lowest BCUT2D eigenvalue weighted by Crippen LogP contribution is -2.48. The monoisotopic (exact) mass is 421 g/mol. The van der Waals surface area contributed by atoms with Gasteiger partial charge in [0.1, 0.15) is 11.4 Å². The Kier molecular flexibility index (Phi) is 6.16. The second kappa shape index (κ2) is 9.16. The summed E-state index contributed by atoms with van der Waals surface area (Å²) in [6.07, 6.45) is 5.16. The van der Waals surface area contributed by atoms with Crippen LogP contribution in [0, 0.1) is 0 Å². The van der Waals surface area contributed by atoms with E-state index in [1.807, 2.05) is 29.2 Å². The Morgan fingerprint density at radius 2 is 1.58 bits per heavy atom. The molecule has 1 aromatic carbocycles. The van der Waals surface area contributed by atoms with Crippen molar-refractivity contribution in [3.8, 4) is 5.75 Å².